The third-order valence-electron chi connectivity index (χ3n) is 5.36. The molecule has 0 bridgehead atoms. The van der Waals surface area contributed by atoms with Crippen molar-refractivity contribution in [3.8, 4) is 5.75 Å². The molecule has 0 unspecified atom stereocenters. The van der Waals surface area contributed by atoms with E-state index >= 15 is 0 Å². The second kappa shape index (κ2) is 8.84. The van der Waals surface area contributed by atoms with Crippen LogP contribution < -0.4 is 10.1 Å². The zero-order chi connectivity index (χ0) is 21.2. The normalized spacial score (nSPS) is 13.8. The number of hydrogen-bond acceptors (Lipinski definition) is 7. The zero-order valence-electron chi connectivity index (χ0n) is 17.3. The summed E-state index contributed by atoms with van der Waals surface area (Å²) >= 11 is 3.15. The second-order valence-electron chi connectivity index (χ2n) is 7.46. The van der Waals surface area contributed by atoms with E-state index in [9.17, 15) is 4.79 Å². The van der Waals surface area contributed by atoms with Crippen molar-refractivity contribution in [1.29, 1.82) is 0 Å². The van der Waals surface area contributed by atoms with Crippen molar-refractivity contribution in [3.05, 3.63) is 41.0 Å². The molecule has 1 aliphatic carbocycles. The first kappa shape index (κ1) is 20.3. The largest absolute Gasteiger partial charge is 0.494 e. The number of fused-ring (bicyclic) bond motifs is 5. The van der Waals surface area contributed by atoms with Gasteiger partial charge in [0.05, 0.1) is 17.7 Å². The number of thioether (sulfide) groups is 1. The topological polar surface area (TPSA) is 81.4 Å². The Labute approximate surface area is 188 Å². The van der Waals surface area contributed by atoms with Crippen molar-refractivity contribution in [2.24, 2.45) is 0 Å². The van der Waals surface area contributed by atoms with Crippen molar-refractivity contribution in [3.63, 3.8) is 0 Å². The first-order valence-electron chi connectivity index (χ1n) is 10.5. The number of carbonyl (C=O) groups is 1. The monoisotopic (exact) mass is 453 g/mol. The highest BCUT2D eigenvalue weighted by molar-refractivity contribution is 7.99. The van der Waals surface area contributed by atoms with Gasteiger partial charge in [-0.1, -0.05) is 18.2 Å². The van der Waals surface area contributed by atoms with Gasteiger partial charge in [0.1, 0.15) is 16.9 Å². The van der Waals surface area contributed by atoms with Crippen LogP contribution in [0.5, 0.6) is 5.75 Å². The average Bonchev–Trinajstić information content (AvgIpc) is 3.26. The number of nitrogens with zero attached hydrogens (tertiary/aromatic N) is 4. The van der Waals surface area contributed by atoms with Gasteiger partial charge in [-0.25, -0.2) is 4.98 Å². The van der Waals surface area contributed by atoms with Crippen LogP contribution in [0.2, 0.25) is 0 Å². The summed E-state index contributed by atoms with van der Waals surface area (Å²) in [5.74, 6) is 0.938. The van der Waals surface area contributed by atoms with Crippen LogP contribution in [0.25, 0.3) is 15.9 Å². The lowest BCUT2D eigenvalue weighted by molar-refractivity contribution is -0.113. The number of aryl methyl sites for hydroxylation is 2. The van der Waals surface area contributed by atoms with Crippen LogP contribution in [0.3, 0.4) is 0 Å². The number of rotatable bonds is 6. The second-order valence-corrected chi connectivity index (χ2v) is 9.49. The summed E-state index contributed by atoms with van der Waals surface area (Å²) in [6.45, 7) is 2.56. The zero-order valence-corrected chi connectivity index (χ0v) is 18.9. The van der Waals surface area contributed by atoms with Crippen LogP contribution in [0, 0.1) is 0 Å². The molecule has 9 heteroatoms. The number of amides is 1. The number of nitrogens with one attached hydrogen (secondary N) is 1. The van der Waals surface area contributed by atoms with Gasteiger partial charge in [0.25, 0.3) is 0 Å². The Bertz CT molecular complexity index is 1230. The highest BCUT2D eigenvalue weighted by atomic mass is 32.2. The molecule has 7 nitrogen and oxygen atoms in total. The van der Waals surface area contributed by atoms with Crippen LogP contribution in [-0.4, -0.2) is 37.8 Å². The Morgan fingerprint density at radius 3 is 2.87 bits per heavy atom. The Morgan fingerprint density at radius 1 is 1.19 bits per heavy atom. The number of carbonyl (C=O) groups excluding carboxylic acids is 1. The SMILES string of the molecule is CCOc1ccc(NC(=O)CSc2nnc3c4c5c(sc4ncn23)CCCCC5)cc1. The van der Waals surface area contributed by atoms with Crippen LogP contribution in [-0.2, 0) is 17.6 Å². The fourth-order valence-electron chi connectivity index (χ4n) is 3.94. The van der Waals surface area contributed by atoms with Crippen LogP contribution in [0.15, 0.2) is 35.7 Å². The molecule has 0 fully saturated rings. The molecule has 1 N–H and O–H groups in total. The minimum atomic E-state index is -0.0932. The fourth-order valence-corrected chi connectivity index (χ4v) is 5.87. The van der Waals surface area contributed by atoms with Crippen molar-refractivity contribution in [2.75, 3.05) is 17.7 Å². The Kier molecular flexibility index (Phi) is 5.78. The molecular weight excluding hydrogens is 430 g/mol. The molecule has 0 atom stereocenters. The van der Waals surface area contributed by atoms with Crippen molar-refractivity contribution < 1.29 is 9.53 Å². The van der Waals surface area contributed by atoms with Gasteiger partial charge in [-0.15, -0.1) is 21.5 Å². The predicted octanol–water partition coefficient (Wildman–Crippen LogP) is 4.74. The average molecular weight is 454 g/mol. The summed E-state index contributed by atoms with van der Waals surface area (Å²) in [4.78, 5) is 19.6. The summed E-state index contributed by atoms with van der Waals surface area (Å²) in [6.07, 6.45) is 7.71. The van der Waals surface area contributed by atoms with Gasteiger partial charge in [0.2, 0.25) is 5.91 Å². The minimum absolute atomic E-state index is 0.0932. The van der Waals surface area contributed by atoms with E-state index in [1.807, 2.05) is 35.6 Å². The molecule has 1 amide bonds. The van der Waals surface area contributed by atoms with Crippen LogP contribution in [0.4, 0.5) is 5.69 Å². The number of benzene rings is 1. The molecule has 31 heavy (non-hydrogen) atoms. The first-order chi connectivity index (χ1) is 15.2. The van der Waals surface area contributed by atoms with E-state index in [2.05, 4.69) is 20.5 Å². The highest BCUT2D eigenvalue weighted by Gasteiger charge is 2.20. The fraction of sp³-hybridized carbons (Fsp3) is 0.364. The summed E-state index contributed by atoms with van der Waals surface area (Å²) in [6, 6.07) is 7.36. The summed E-state index contributed by atoms with van der Waals surface area (Å²) in [5, 5.41) is 13.5. The van der Waals surface area contributed by atoms with Gasteiger partial charge in [-0.05, 0) is 62.4 Å². The summed E-state index contributed by atoms with van der Waals surface area (Å²) in [5.41, 5.74) is 2.98. The van der Waals surface area contributed by atoms with Gasteiger partial charge < -0.3 is 10.1 Å². The highest BCUT2D eigenvalue weighted by Crippen LogP contribution is 2.37. The maximum atomic E-state index is 12.4. The van der Waals surface area contributed by atoms with E-state index in [0.717, 1.165) is 40.1 Å². The Morgan fingerprint density at radius 2 is 2.03 bits per heavy atom. The summed E-state index contributed by atoms with van der Waals surface area (Å²) < 4.78 is 7.34. The lowest BCUT2D eigenvalue weighted by atomic mass is 10.1. The Balaban J connectivity index is 1.32. The number of thiophene rings is 1. The molecule has 0 radical (unpaired) electrons. The quantitative estimate of drug-likeness (QED) is 0.336. The molecule has 1 aliphatic rings. The van der Waals surface area contributed by atoms with Crippen molar-refractivity contribution in [1.82, 2.24) is 19.6 Å². The maximum absolute atomic E-state index is 12.4. The first-order valence-corrected chi connectivity index (χ1v) is 12.3. The third-order valence-corrected chi connectivity index (χ3v) is 7.51. The molecule has 1 aromatic carbocycles. The third kappa shape index (κ3) is 4.12. The molecule has 0 saturated carbocycles. The van der Waals surface area contributed by atoms with Gasteiger partial charge in [0.15, 0.2) is 10.8 Å². The molecule has 160 valence electrons. The molecule has 5 rings (SSSR count). The molecule has 0 aliphatic heterocycles. The minimum Gasteiger partial charge on any atom is -0.494 e. The molecule has 0 spiro atoms. The van der Waals surface area contributed by atoms with E-state index < -0.39 is 0 Å². The number of anilines is 1. The van der Waals surface area contributed by atoms with E-state index in [4.69, 9.17) is 4.74 Å². The maximum Gasteiger partial charge on any atom is 0.234 e. The van der Waals surface area contributed by atoms with E-state index in [1.165, 1.54) is 41.5 Å². The van der Waals surface area contributed by atoms with Crippen molar-refractivity contribution >= 4 is 50.6 Å². The molecular formula is C22H23N5O2S2. The number of hydrogen-bond donors (Lipinski definition) is 1. The van der Waals surface area contributed by atoms with E-state index in [0.29, 0.717) is 11.8 Å². The standard InChI is InChI=1S/C22H23N5O2S2/c1-2-29-15-10-8-14(9-11-15)24-18(28)12-30-22-26-25-20-19-16-6-4-3-5-7-17(16)31-21(19)23-13-27(20)22/h8-11,13H,2-7,12H2,1H3,(H,24,28). The lowest BCUT2D eigenvalue weighted by Gasteiger charge is -2.07. The van der Waals surface area contributed by atoms with Gasteiger partial charge in [0, 0.05) is 10.6 Å². The lowest BCUT2D eigenvalue weighted by Crippen LogP contribution is -2.14. The Hall–Kier alpha value is -2.65. The molecule has 4 aromatic rings. The van der Waals surface area contributed by atoms with Crippen molar-refractivity contribution in [2.45, 2.75) is 44.2 Å². The smallest absolute Gasteiger partial charge is 0.234 e. The molecule has 3 heterocycles. The molecule has 3 aromatic heterocycles. The van der Waals surface area contributed by atoms with E-state index in [1.54, 1.807) is 17.7 Å². The number of ether oxygens (including phenoxy) is 1. The van der Waals surface area contributed by atoms with Crippen LogP contribution in [0.1, 0.15) is 36.6 Å². The molecule has 0 saturated heterocycles. The van der Waals surface area contributed by atoms with Gasteiger partial charge in [-0.2, -0.15) is 0 Å². The summed E-state index contributed by atoms with van der Waals surface area (Å²) in [7, 11) is 0. The van der Waals surface area contributed by atoms with Gasteiger partial charge in [-0.3, -0.25) is 9.20 Å². The predicted molar refractivity (Wildman–Crippen MR) is 124 cm³/mol. The van der Waals surface area contributed by atoms with E-state index in [-0.39, 0.29) is 11.7 Å². The number of aromatic nitrogens is 4. The van der Waals surface area contributed by atoms with Crippen LogP contribution >= 0.6 is 23.1 Å². The van der Waals surface area contributed by atoms with Gasteiger partial charge >= 0.3 is 0 Å².